The Labute approximate surface area is 84.8 Å². The van der Waals surface area contributed by atoms with E-state index in [-0.39, 0.29) is 4.87 Å². The molecule has 1 aliphatic heterocycles. The van der Waals surface area contributed by atoms with Crippen LogP contribution in [-0.2, 0) is 9.61 Å². The van der Waals surface area contributed by atoms with Gasteiger partial charge in [0.05, 0.1) is 13.2 Å². The van der Waals surface area contributed by atoms with Crippen molar-refractivity contribution in [2.45, 2.75) is 4.87 Å². The average molecular weight is 248 g/mol. The lowest BCUT2D eigenvalue weighted by atomic mass is 9.97. The molecular weight excluding hydrogens is 239 g/mol. The summed E-state index contributed by atoms with van der Waals surface area (Å²) in [6.45, 7) is 1.23. The normalized spacial score (nSPS) is 20.2. The third-order valence-corrected chi connectivity index (χ3v) is 2.93. The number of hydrogen-bond donors (Lipinski definition) is 0. The summed E-state index contributed by atoms with van der Waals surface area (Å²) in [6.07, 6.45) is 0. The Hall–Kier alpha value is -0.0500. The summed E-state index contributed by atoms with van der Waals surface area (Å²) in [7, 11) is 0. The van der Waals surface area contributed by atoms with Crippen molar-refractivity contribution >= 4 is 27.5 Å². The summed E-state index contributed by atoms with van der Waals surface area (Å²) >= 11 is 9.67. The van der Waals surface area contributed by atoms with E-state index >= 15 is 0 Å². The highest BCUT2D eigenvalue weighted by molar-refractivity contribution is 9.10. The Bertz CT molecular complexity index is 296. The van der Waals surface area contributed by atoms with Crippen LogP contribution >= 0.6 is 27.5 Å². The van der Waals surface area contributed by atoms with Crippen molar-refractivity contribution in [1.29, 1.82) is 0 Å². The lowest BCUT2D eigenvalue weighted by Crippen LogP contribution is -2.41. The molecule has 0 amide bonds. The number of ether oxygens (including phenoxy) is 1. The summed E-state index contributed by atoms with van der Waals surface area (Å²) in [5, 5.41) is 0. The van der Waals surface area contributed by atoms with Gasteiger partial charge < -0.3 is 4.74 Å². The van der Waals surface area contributed by atoms with E-state index in [9.17, 15) is 0 Å². The second kappa shape index (κ2) is 3.02. The van der Waals surface area contributed by atoms with E-state index in [1.165, 1.54) is 0 Å². The van der Waals surface area contributed by atoms with Gasteiger partial charge in [0.25, 0.3) is 0 Å². The molecule has 1 heterocycles. The maximum absolute atomic E-state index is 6.26. The van der Waals surface area contributed by atoms with Crippen molar-refractivity contribution in [3.63, 3.8) is 0 Å². The molecule has 0 spiro atoms. The first-order valence-corrected chi connectivity index (χ1v) is 4.90. The Balaban J connectivity index is 2.33. The molecule has 12 heavy (non-hydrogen) atoms. The van der Waals surface area contributed by atoms with Crippen LogP contribution in [0.15, 0.2) is 28.7 Å². The monoisotopic (exact) mass is 246 g/mol. The molecule has 64 valence electrons. The molecule has 0 aromatic heterocycles. The third-order valence-electron chi connectivity index (χ3n) is 2.00. The fourth-order valence-electron chi connectivity index (χ4n) is 1.22. The maximum Gasteiger partial charge on any atom is 0.116 e. The second-order valence-electron chi connectivity index (χ2n) is 2.97. The predicted octanol–water partition coefficient (Wildman–Crippen LogP) is 2.91. The molecule has 1 aliphatic rings. The van der Waals surface area contributed by atoms with Crippen LogP contribution in [0, 0.1) is 0 Å². The van der Waals surface area contributed by atoms with Gasteiger partial charge in [0, 0.05) is 4.47 Å². The van der Waals surface area contributed by atoms with Crippen LogP contribution < -0.4 is 0 Å². The van der Waals surface area contributed by atoms with Crippen LogP contribution in [0.25, 0.3) is 0 Å². The standard InChI is InChI=1S/C9H8BrClO/c10-8-3-1-2-7(4-8)9(11)5-12-6-9/h1-4H,5-6H2. The zero-order valence-corrected chi connectivity index (χ0v) is 8.73. The highest BCUT2D eigenvalue weighted by Gasteiger charge is 2.38. The number of alkyl halides is 1. The van der Waals surface area contributed by atoms with Gasteiger partial charge in [0.2, 0.25) is 0 Å². The van der Waals surface area contributed by atoms with Crippen LogP contribution in [0.5, 0.6) is 0 Å². The zero-order chi connectivity index (χ0) is 8.60. The molecule has 0 atom stereocenters. The van der Waals surface area contributed by atoms with E-state index < -0.39 is 0 Å². The van der Waals surface area contributed by atoms with Gasteiger partial charge in [-0.05, 0) is 17.7 Å². The Kier molecular flexibility index (Phi) is 2.15. The molecule has 0 radical (unpaired) electrons. The highest BCUT2D eigenvalue weighted by atomic mass is 79.9. The Morgan fingerprint density at radius 1 is 1.42 bits per heavy atom. The van der Waals surface area contributed by atoms with Crippen molar-refractivity contribution in [1.82, 2.24) is 0 Å². The van der Waals surface area contributed by atoms with Gasteiger partial charge in [-0.1, -0.05) is 28.1 Å². The van der Waals surface area contributed by atoms with Crippen molar-refractivity contribution in [3.8, 4) is 0 Å². The molecule has 0 N–H and O–H groups in total. The largest absolute Gasteiger partial charge is 0.377 e. The third kappa shape index (κ3) is 1.39. The molecule has 0 unspecified atom stereocenters. The van der Waals surface area contributed by atoms with Crippen molar-refractivity contribution in [2.75, 3.05) is 13.2 Å². The van der Waals surface area contributed by atoms with E-state index in [2.05, 4.69) is 15.9 Å². The molecule has 2 rings (SSSR count). The lowest BCUT2D eigenvalue weighted by Gasteiger charge is -2.35. The molecule has 3 heteroatoms. The first kappa shape index (κ1) is 8.54. The highest BCUT2D eigenvalue weighted by Crippen LogP contribution is 2.37. The van der Waals surface area contributed by atoms with Crippen LogP contribution in [0.3, 0.4) is 0 Å². The molecule has 0 aliphatic carbocycles. The average Bonchev–Trinajstić information content (AvgIpc) is 2.00. The molecule has 0 saturated carbocycles. The van der Waals surface area contributed by atoms with Gasteiger partial charge in [-0.3, -0.25) is 0 Å². The molecule has 1 saturated heterocycles. The summed E-state index contributed by atoms with van der Waals surface area (Å²) < 4.78 is 6.15. The quantitative estimate of drug-likeness (QED) is 0.694. The first-order chi connectivity index (χ1) is 5.71. The van der Waals surface area contributed by atoms with Gasteiger partial charge in [-0.2, -0.15) is 0 Å². The molecule has 0 bridgehead atoms. The molecule has 1 fully saturated rings. The van der Waals surface area contributed by atoms with Crippen LogP contribution in [0.4, 0.5) is 0 Å². The predicted molar refractivity (Wildman–Crippen MR) is 52.5 cm³/mol. The first-order valence-electron chi connectivity index (χ1n) is 3.73. The molecule has 1 nitrogen and oxygen atoms in total. The fourth-order valence-corrected chi connectivity index (χ4v) is 1.89. The zero-order valence-electron chi connectivity index (χ0n) is 6.39. The van der Waals surface area contributed by atoms with Gasteiger partial charge in [-0.25, -0.2) is 0 Å². The Morgan fingerprint density at radius 3 is 2.67 bits per heavy atom. The molecule has 1 aromatic carbocycles. The SMILES string of the molecule is ClC1(c2cccc(Br)c2)COC1. The smallest absolute Gasteiger partial charge is 0.116 e. The summed E-state index contributed by atoms with van der Waals surface area (Å²) in [5.41, 5.74) is 1.13. The fraction of sp³-hybridized carbons (Fsp3) is 0.333. The minimum atomic E-state index is -0.274. The van der Waals surface area contributed by atoms with Crippen molar-refractivity contribution in [2.24, 2.45) is 0 Å². The van der Waals surface area contributed by atoms with Crippen molar-refractivity contribution in [3.05, 3.63) is 34.3 Å². The van der Waals surface area contributed by atoms with Crippen LogP contribution in [0.2, 0.25) is 0 Å². The van der Waals surface area contributed by atoms with E-state index in [0.29, 0.717) is 13.2 Å². The van der Waals surface area contributed by atoms with Crippen LogP contribution in [-0.4, -0.2) is 13.2 Å². The van der Waals surface area contributed by atoms with E-state index in [0.717, 1.165) is 10.0 Å². The van der Waals surface area contributed by atoms with Crippen molar-refractivity contribution < 1.29 is 4.74 Å². The van der Waals surface area contributed by atoms with Gasteiger partial charge >= 0.3 is 0 Å². The topological polar surface area (TPSA) is 9.23 Å². The van der Waals surface area contributed by atoms with E-state index in [1.54, 1.807) is 0 Å². The molecule has 1 aromatic rings. The van der Waals surface area contributed by atoms with Gasteiger partial charge in [0.1, 0.15) is 4.87 Å². The van der Waals surface area contributed by atoms with E-state index in [4.69, 9.17) is 16.3 Å². The Morgan fingerprint density at radius 2 is 2.17 bits per heavy atom. The number of hydrogen-bond acceptors (Lipinski definition) is 1. The minimum Gasteiger partial charge on any atom is -0.377 e. The van der Waals surface area contributed by atoms with Crippen LogP contribution in [0.1, 0.15) is 5.56 Å². The molecular formula is C9H8BrClO. The lowest BCUT2D eigenvalue weighted by molar-refractivity contribution is -0.0152. The number of halogens is 2. The number of rotatable bonds is 1. The van der Waals surface area contributed by atoms with Gasteiger partial charge in [-0.15, -0.1) is 11.6 Å². The van der Waals surface area contributed by atoms with E-state index in [1.807, 2.05) is 24.3 Å². The van der Waals surface area contributed by atoms with Gasteiger partial charge in [0.15, 0.2) is 0 Å². The second-order valence-corrected chi connectivity index (χ2v) is 4.61. The maximum atomic E-state index is 6.26. The summed E-state index contributed by atoms with van der Waals surface area (Å²) in [5.74, 6) is 0. The minimum absolute atomic E-state index is 0.274. The number of benzene rings is 1. The summed E-state index contributed by atoms with van der Waals surface area (Å²) in [6, 6.07) is 8.04. The summed E-state index contributed by atoms with van der Waals surface area (Å²) in [4.78, 5) is -0.274.